The highest BCUT2D eigenvalue weighted by Crippen LogP contribution is 2.18. The van der Waals surface area contributed by atoms with E-state index in [1.165, 1.54) is 37.1 Å². The third-order valence-electron chi connectivity index (χ3n) is 5.45. The summed E-state index contributed by atoms with van der Waals surface area (Å²) in [5.74, 6) is 1.27. The van der Waals surface area contributed by atoms with Crippen LogP contribution in [-0.2, 0) is 17.9 Å². The van der Waals surface area contributed by atoms with E-state index in [-0.39, 0.29) is 24.2 Å². The van der Waals surface area contributed by atoms with Gasteiger partial charge < -0.3 is 10.6 Å². The number of benzene rings is 1. The highest BCUT2D eigenvalue weighted by Gasteiger charge is 2.20. The van der Waals surface area contributed by atoms with Crippen molar-refractivity contribution in [2.75, 3.05) is 26.2 Å². The number of carbonyl (C=O) groups is 1. The average Bonchev–Trinajstić information content (AvgIpc) is 2.63. The largest absolute Gasteiger partial charge is 0.352 e. The number of halogens is 1. The Morgan fingerprint density at radius 2 is 1.84 bits per heavy atom. The summed E-state index contributed by atoms with van der Waals surface area (Å²) < 4.78 is 0. The van der Waals surface area contributed by atoms with Gasteiger partial charge in [-0.3, -0.25) is 9.69 Å². The Labute approximate surface area is 158 Å². The Balaban J connectivity index is 0.00000225. The third-order valence-corrected chi connectivity index (χ3v) is 5.45. The zero-order valence-electron chi connectivity index (χ0n) is 15.3. The van der Waals surface area contributed by atoms with Crippen LogP contribution >= 0.6 is 12.4 Å². The molecule has 2 fully saturated rings. The minimum atomic E-state index is 0. The van der Waals surface area contributed by atoms with E-state index in [1.54, 1.807) is 0 Å². The maximum absolute atomic E-state index is 12.3. The summed E-state index contributed by atoms with van der Waals surface area (Å²) in [7, 11) is 0. The van der Waals surface area contributed by atoms with Gasteiger partial charge in [0.15, 0.2) is 0 Å². The average molecular weight is 366 g/mol. The second-order valence-corrected chi connectivity index (χ2v) is 7.52. The predicted octanol–water partition coefficient (Wildman–Crippen LogP) is 2.96. The second kappa shape index (κ2) is 10.1. The summed E-state index contributed by atoms with van der Waals surface area (Å²) in [6, 6.07) is 8.69. The van der Waals surface area contributed by atoms with Gasteiger partial charge in [-0.05, 0) is 68.9 Å². The second-order valence-electron chi connectivity index (χ2n) is 7.52. The molecule has 2 aliphatic rings. The molecule has 1 aromatic rings. The first-order valence-corrected chi connectivity index (χ1v) is 9.49. The SMILES string of the molecule is CC1CCN(Cc2cccc(CNC(=O)C3CCNCC3)c2)CC1.Cl. The van der Waals surface area contributed by atoms with Crippen LogP contribution in [0.5, 0.6) is 0 Å². The molecule has 0 radical (unpaired) electrons. The summed E-state index contributed by atoms with van der Waals surface area (Å²) in [5, 5.41) is 6.43. The van der Waals surface area contributed by atoms with E-state index >= 15 is 0 Å². The lowest BCUT2D eigenvalue weighted by Gasteiger charge is -2.30. The molecule has 0 aliphatic carbocycles. The van der Waals surface area contributed by atoms with Crippen LogP contribution in [0.3, 0.4) is 0 Å². The summed E-state index contributed by atoms with van der Waals surface area (Å²) in [6.07, 6.45) is 4.54. The van der Waals surface area contributed by atoms with Crippen LogP contribution in [0.15, 0.2) is 24.3 Å². The Morgan fingerprint density at radius 3 is 2.56 bits per heavy atom. The molecule has 0 aromatic heterocycles. The van der Waals surface area contributed by atoms with Crippen LogP contribution in [0.1, 0.15) is 43.7 Å². The highest BCUT2D eigenvalue weighted by atomic mass is 35.5. The van der Waals surface area contributed by atoms with Crippen LogP contribution in [0.25, 0.3) is 0 Å². The van der Waals surface area contributed by atoms with Crippen molar-refractivity contribution in [1.82, 2.24) is 15.5 Å². The Hall–Kier alpha value is -1.10. The lowest BCUT2D eigenvalue weighted by Crippen LogP contribution is -2.37. The minimum absolute atomic E-state index is 0. The molecule has 0 atom stereocenters. The van der Waals surface area contributed by atoms with E-state index in [0.29, 0.717) is 6.54 Å². The van der Waals surface area contributed by atoms with Crippen LogP contribution < -0.4 is 10.6 Å². The highest BCUT2D eigenvalue weighted by molar-refractivity contribution is 5.85. The van der Waals surface area contributed by atoms with Gasteiger partial charge in [0, 0.05) is 19.0 Å². The van der Waals surface area contributed by atoms with Crippen LogP contribution in [0, 0.1) is 11.8 Å². The number of hydrogen-bond donors (Lipinski definition) is 2. The monoisotopic (exact) mass is 365 g/mol. The fourth-order valence-electron chi connectivity index (χ4n) is 3.73. The Bertz CT molecular complexity index is 537. The quantitative estimate of drug-likeness (QED) is 0.843. The standard InChI is InChI=1S/C20H31N3O.ClH/c1-16-7-11-23(12-8-16)15-18-4-2-3-17(13-18)14-22-20(24)19-5-9-21-10-6-19;/h2-4,13,16,19,21H,5-12,14-15H2,1H3,(H,22,24);1H. The lowest BCUT2D eigenvalue weighted by molar-refractivity contribution is -0.125. The minimum Gasteiger partial charge on any atom is -0.352 e. The zero-order valence-corrected chi connectivity index (χ0v) is 16.1. The van der Waals surface area contributed by atoms with Crippen molar-refractivity contribution in [3.05, 3.63) is 35.4 Å². The van der Waals surface area contributed by atoms with E-state index in [9.17, 15) is 4.79 Å². The topological polar surface area (TPSA) is 44.4 Å². The first-order valence-electron chi connectivity index (χ1n) is 9.49. The van der Waals surface area contributed by atoms with Gasteiger partial charge in [0.2, 0.25) is 5.91 Å². The normalized spacial score (nSPS) is 20.0. The summed E-state index contributed by atoms with van der Waals surface area (Å²) in [5.41, 5.74) is 2.57. The van der Waals surface area contributed by atoms with Gasteiger partial charge in [-0.15, -0.1) is 12.4 Å². The lowest BCUT2D eigenvalue weighted by atomic mass is 9.97. The summed E-state index contributed by atoms with van der Waals surface area (Å²) >= 11 is 0. The molecule has 25 heavy (non-hydrogen) atoms. The molecule has 0 saturated carbocycles. The fourth-order valence-corrected chi connectivity index (χ4v) is 3.73. The van der Waals surface area contributed by atoms with Gasteiger partial charge in [0.25, 0.3) is 0 Å². The first kappa shape index (κ1) is 20.2. The van der Waals surface area contributed by atoms with Gasteiger partial charge in [-0.25, -0.2) is 0 Å². The summed E-state index contributed by atoms with van der Waals surface area (Å²) in [6.45, 7) is 8.36. The van der Waals surface area contributed by atoms with Gasteiger partial charge in [-0.2, -0.15) is 0 Å². The van der Waals surface area contributed by atoms with Crippen LogP contribution in [0.2, 0.25) is 0 Å². The van der Waals surface area contributed by atoms with Gasteiger partial charge in [0.1, 0.15) is 0 Å². The molecule has 0 unspecified atom stereocenters. The van der Waals surface area contributed by atoms with E-state index in [4.69, 9.17) is 0 Å². The van der Waals surface area contributed by atoms with Gasteiger partial charge >= 0.3 is 0 Å². The van der Waals surface area contributed by atoms with Crippen molar-refractivity contribution in [2.45, 2.75) is 45.7 Å². The van der Waals surface area contributed by atoms with Gasteiger partial charge in [-0.1, -0.05) is 31.2 Å². The number of nitrogens with zero attached hydrogens (tertiary/aromatic N) is 1. The molecular weight excluding hydrogens is 334 g/mol. The van der Waals surface area contributed by atoms with Gasteiger partial charge in [0.05, 0.1) is 0 Å². The van der Waals surface area contributed by atoms with E-state index in [1.807, 2.05) is 0 Å². The molecule has 2 aliphatic heterocycles. The van der Waals surface area contributed by atoms with Crippen molar-refractivity contribution in [1.29, 1.82) is 0 Å². The number of amides is 1. The molecule has 0 bridgehead atoms. The van der Waals surface area contributed by atoms with E-state index < -0.39 is 0 Å². The maximum Gasteiger partial charge on any atom is 0.223 e. The van der Waals surface area contributed by atoms with Crippen molar-refractivity contribution in [3.8, 4) is 0 Å². The van der Waals surface area contributed by atoms with Crippen molar-refractivity contribution >= 4 is 18.3 Å². The molecular formula is C20H32ClN3O. The summed E-state index contributed by atoms with van der Waals surface area (Å²) in [4.78, 5) is 14.8. The number of rotatable bonds is 5. The molecule has 140 valence electrons. The molecule has 4 nitrogen and oxygen atoms in total. The Morgan fingerprint density at radius 1 is 1.16 bits per heavy atom. The molecule has 2 saturated heterocycles. The Kier molecular flexibility index (Phi) is 8.20. The molecule has 3 rings (SSSR count). The molecule has 1 aromatic carbocycles. The van der Waals surface area contributed by atoms with Crippen LogP contribution in [-0.4, -0.2) is 37.0 Å². The molecule has 1 amide bonds. The third kappa shape index (κ3) is 6.28. The van der Waals surface area contributed by atoms with E-state index in [0.717, 1.165) is 38.4 Å². The van der Waals surface area contributed by atoms with Crippen molar-refractivity contribution in [3.63, 3.8) is 0 Å². The fraction of sp³-hybridized carbons (Fsp3) is 0.650. The van der Waals surface area contributed by atoms with E-state index in [2.05, 4.69) is 46.7 Å². The molecule has 0 spiro atoms. The molecule has 2 N–H and O–H groups in total. The number of carbonyl (C=O) groups excluding carboxylic acids is 1. The van der Waals surface area contributed by atoms with Crippen molar-refractivity contribution in [2.24, 2.45) is 11.8 Å². The van der Waals surface area contributed by atoms with Crippen LogP contribution in [0.4, 0.5) is 0 Å². The number of nitrogens with one attached hydrogen (secondary N) is 2. The maximum atomic E-state index is 12.3. The van der Waals surface area contributed by atoms with Crippen molar-refractivity contribution < 1.29 is 4.79 Å². The smallest absolute Gasteiger partial charge is 0.223 e. The predicted molar refractivity (Wildman–Crippen MR) is 105 cm³/mol. The first-order chi connectivity index (χ1) is 11.7. The number of piperidine rings is 2. The number of likely N-dealkylation sites (tertiary alicyclic amines) is 1. The number of hydrogen-bond acceptors (Lipinski definition) is 3. The zero-order chi connectivity index (χ0) is 16.8. The molecule has 2 heterocycles. The molecule has 5 heteroatoms.